The molecule has 0 fully saturated rings. The van der Waals surface area contributed by atoms with Gasteiger partial charge in [-0.15, -0.1) is 5.01 Å². The minimum absolute atomic E-state index is 0.0728. The third-order valence-electron chi connectivity index (χ3n) is 2.97. The largest absolute Gasteiger partial charge is 0.294 e. The number of hydrogen-bond acceptors (Lipinski definition) is 4. The lowest BCUT2D eigenvalue weighted by Crippen LogP contribution is -2.33. The van der Waals surface area contributed by atoms with Gasteiger partial charge in [0.2, 0.25) is 5.78 Å². The molecular formula is C14H12N2O4. The molecule has 1 aliphatic heterocycles. The van der Waals surface area contributed by atoms with Crippen LogP contribution >= 0.6 is 0 Å². The van der Waals surface area contributed by atoms with Crippen LogP contribution in [0.4, 0.5) is 0 Å². The molecule has 0 saturated heterocycles. The molecule has 1 aliphatic rings. The fourth-order valence-electron chi connectivity index (χ4n) is 1.94. The van der Waals surface area contributed by atoms with Crippen LogP contribution in [0.1, 0.15) is 5.56 Å². The fourth-order valence-corrected chi connectivity index (χ4v) is 1.94. The van der Waals surface area contributed by atoms with Crippen molar-refractivity contribution < 1.29 is 14.6 Å². The number of allylic oxidation sites excluding steroid dienone is 2. The number of hydrazine groups is 1. The molecule has 6 nitrogen and oxygen atoms in total. The van der Waals surface area contributed by atoms with E-state index >= 15 is 0 Å². The van der Waals surface area contributed by atoms with Gasteiger partial charge < -0.3 is 0 Å². The molecule has 0 aliphatic carbocycles. The molecule has 0 radical (unpaired) electrons. The molecule has 0 spiro atoms. The van der Waals surface area contributed by atoms with Crippen LogP contribution in [0.25, 0.3) is 5.57 Å². The van der Waals surface area contributed by atoms with E-state index in [4.69, 9.17) is 0 Å². The highest BCUT2D eigenvalue weighted by Crippen LogP contribution is 2.21. The van der Waals surface area contributed by atoms with E-state index in [1.807, 2.05) is 30.3 Å². The maximum absolute atomic E-state index is 11.6. The molecule has 0 atom stereocenters. The van der Waals surface area contributed by atoms with Crippen molar-refractivity contribution in [2.75, 3.05) is 13.1 Å². The van der Waals surface area contributed by atoms with Crippen LogP contribution in [0.2, 0.25) is 0 Å². The number of hydrogen-bond donors (Lipinski definition) is 0. The van der Waals surface area contributed by atoms with Crippen molar-refractivity contribution in [1.29, 1.82) is 0 Å². The van der Waals surface area contributed by atoms with Gasteiger partial charge in [-0.3, -0.25) is 9.59 Å². The summed E-state index contributed by atoms with van der Waals surface area (Å²) in [6, 6.07) is 9.20. The number of nitrogens with zero attached hydrogens (tertiary/aromatic N) is 2. The van der Waals surface area contributed by atoms with Gasteiger partial charge in [0.05, 0.1) is 6.54 Å². The van der Waals surface area contributed by atoms with Gasteiger partial charge in [-0.05, 0) is 17.2 Å². The van der Waals surface area contributed by atoms with Crippen LogP contribution in [0.15, 0.2) is 48.1 Å². The van der Waals surface area contributed by atoms with Crippen molar-refractivity contribution in [3.8, 4) is 0 Å². The van der Waals surface area contributed by atoms with E-state index in [9.17, 15) is 19.7 Å². The smallest absolute Gasteiger partial charge is 0.223 e. The number of benzene rings is 1. The molecule has 1 heterocycles. The first kappa shape index (κ1) is 13.7. The van der Waals surface area contributed by atoms with Crippen LogP contribution < -0.4 is 0 Å². The minimum atomic E-state index is -0.736. The van der Waals surface area contributed by atoms with Crippen LogP contribution in [-0.2, 0) is 9.59 Å². The van der Waals surface area contributed by atoms with Gasteiger partial charge in [0.1, 0.15) is 6.54 Å². The molecule has 0 bridgehead atoms. The maximum atomic E-state index is 11.6. The van der Waals surface area contributed by atoms with Crippen molar-refractivity contribution in [2.45, 2.75) is 0 Å². The lowest BCUT2D eigenvalue weighted by molar-refractivity contribution is -0.651. The molecule has 0 N–H and O–H groups in total. The zero-order chi connectivity index (χ0) is 14.5. The number of Topliss-reactive ketones (excluding diaryl/α,β-unsaturated/α-hetero) is 1. The van der Waals surface area contributed by atoms with E-state index in [-0.39, 0.29) is 24.9 Å². The van der Waals surface area contributed by atoms with Gasteiger partial charge in [0, 0.05) is 5.57 Å². The van der Waals surface area contributed by atoms with Gasteiger partial charge in [-0.1, -0.05) is 36.4 Å². The SMILES string of the molecule is O=CC(=O)C1=CC(c2ccccc2)=CCN([N+](=O)[O-])C1. The second-order valence-electron chi connectivity index (χ2n) is 4.26. The standard InChI is InChI=1S/C14H12N2O4/c17-10-14(18)13-8-12(11-4-2-1-3-5-11)6-7-15(9-13)16(19)20/h1-6,8,10H,7,9H2. The number of carbonyl (C=O) groups is 2. The van der Waals surface area contributed by atoms with Crippen LogP contribution in [0, 0.1) is 10.1 Å². The Morgan fingerprint density at radius 1 is 1.30 bits per heavy atom. The lowest BCUT2D eigenvalue weighted by Gasteiger charge is -2.10. The normalized spacial score (nSPS) is 14.9. The third kappa shape index (κ3) is 2.97. The van der Waals surface area contributed by atoms with Crippen molar-refractivity contribution in [2.24, 2.45) is 0 Å². The highest BCUT2D eigenvalue weighted by Gasteiger charge is 2.22. The average molecular weight is 272 g/mol. The second-order valence-corrected chi connectivity index (χ2v) is 4.26. The Kier molecular flexibility index (Phi) is 4.05. The van der Waals surface area contributed by atoms with E-state index < -0.39 is 10.8 Å². The number of aldehydes is 1. The zero-order valence-corrected chi connectivity index (χ0v) is 10.6. The van der Waals surface area contributed by atoms with Gasteiger partial charge >= 0.3 is 0 Å². The van der Waals surface area contributed by atoms with E-state index in [1.165, 1.54) is 6.08 Å². The molecule has 0 amide bonds. The number of rotatable bonds is 4. The Bertz CT molecular complexity index is 605. The second kappa shape index (κ2) is 5.92. The summed E-state index contributed by atoms with van der Waals surface area (Å²) in [5, 5.41) is 11.2. The number of carbonyl (C=O) groups excluding carboxylic acids is 2. The maximum Gasteiger partial charge on any atom is 0.223 e. The highest BCUT2D eigenvalue weighted by atomic mass is 16.7. The van der Waals surface area contributed by atoms with Crippen molar-refractivity contribution in [3.63, 3.8) is 0 Å². The van der Waals surface area contributed by atoms with Crippen LogP contribution in [0.5, 0.6) is 0 Å². The first-order chi connectivity index (χ1) is 9.61. The summed E-state index contributed by atoms with van der Waals surface area (Å²) < 4.78 is 0. The molecule has 2 rings (SSSR count). The molecule has 1 aromatic rings. The Labute approximate surface area is 115 Å². The number of ketones is 1. The van der Waals surface area contributed by atoms with E-state index in [2.05, 4.69) is 0 Å². The molecular weight excluding hydrogens is 260 g/mol. The zero-order valence-electron chi connectivity index (χ0n) is 10.6. The number of nitro groups is 1. The first-order valence-corrected chi connectivity index (χ1v) is 5.96. The Morgan fingerprint density at radius 3 is 2.60 bits per heavy atom. The molecule has 6 heteroatoms. The lowest BCUT2D eigenvalue weighted by atomic mass is 10.0. The molecule has 1 aromatic carbocycles. The van der Waals surface area contributed by atoms with Gasteiger partial charge in [0.25, 0.3) is 0 Å². The first-order valence-electron chi connectivity index (χ1n) is 5.96. The molecule has 102 valence electrons. The Hall–Kier alpha value is -2.76. The van der Waals surface area contributed by atoms with Gasteiger partial charge in [-0.2, -0.15) is 0 Å². The van der Waals surface area contributed by atoms with Gasteiger partial charge in [0.15, 0.2) is 11.3 Å². The molecule has 0 aromatic heterocycles. The molecule has 20 heavy (non-hydrogen) atoms. The van der Waals surface area contributed by atoms with Crippen molar-refractivity contribution in [1.82, 2.24) is 5.01 Å². The third-order valence-corrected chi connectivity index (χ3v) is 2.97. The summed E-state index contributed by atoms with van der Waals surface area (Å²) in [6.07, 6.45) is 3.39. The average Bonchev–Trinajstić information content (AvgIpc) is 2.70. The summed E-state index contributed by atoms with van der Waals surface area (Å²) in [6.45, 7) is -0.110. The fraction of sp³-hybridized carbons (Fsp3) is 0.143. The predicted octanol–water partition coefficient (Wildman–Crippen LogP) is 1.27. The molecule has 0 unspecified atom stereocenters. The van der Waals surface area contributed by atoms with Crippen LogP contribution in [-0.4, -0.2) is 35.2 Å². The highest BCUT2D eigenvalue weighted by molar-refractivity contribution is 6.33. The van der Waals surface area contributed by atoms with E-state index in [0.29, 0.717) is 5.57 Å². The Morgan fingerprint density at radius 2 is 2.00 bits per heavy atom. The summed E-state index contributed by atoms with van der Waals surface area (Å²) in [5.41, 5.74) is 1.65. The quantitative estimate of drug-likeness (QED) is 0.357. The predicted molar refractivity (Wildman–Crippen MR) is 72.1 cm³/mol. The monoisotopic (exact) mass is 272 g/mol. The van der Waals surface area contributed by atoms with Crippen LogP contribution in [0.3, 0.4) is 0 Å². The summed E-state index contributed by atoms with van der Waals surface area (Å²) in [5.74, 6) is -0.736. The van der Waals surface area contributed by atoms with Crippen molar-refractivity contribution >= 4 is 17.6 Å². The summed E-state index contributed by atoms with van der Waals surface area (Å²) in [4.78, 5) is 33.1. The van der Waals surface area contributed by atoms with Gasteiger partial charge in [-0.25, -0.2) is 10.1 Å². The topological polar surface area (TPSA) is 80.5 Å². The summed E-state index contributed by atoms with van der Waals surface area (Å²) >= 11 is 0. The van der Waals surface area contributed by atoms with Crippen molar-refractivity contribution in [3.05, 3.63) is 63.7 Å². The van der Waals surface area contributed by atoms with E-state index in [0.717, 1.165) is 10.6 Å². The van der Waals surface area contributed by atoms with E-state index in [1.54, 1.807) is 6.08 Å². The molecule has 0 saturated carbocycles. The summed E-state index contributed by atoms with van der Waals surface area (Å²) in [7, 11) is 0. The minimum Gasteiger partial charge on any atom is -0.294 e. The Balaban J connectivity index is 2.42.